The van der Waals surface area contributed by atoms with Crippen molar-refractivity contribution in [2.45, 2.75) is 43.8 Å². The molecule has 0 saturated carbocycles. The van der Waals surface area contributed by atoms with Crippen molar-refractivity contribution in [3.8, 4) is 0 Å². The number of thiophene rings is 1. The monoisotopic (exact) mass is 819 g/mol. The van der Waals surface area contributed by atoms with Crippen LogP contribution in [-0.2, 0) is 0 Å². The van der Waals surface area contributed by atoms with Crippen molar-refractivity contribution in [1.82, 2.24) is 10.3 Å². The van der Waals surface area contributed by atoms with E-state index in [1.807, 2.05) is 17.4 Å². The van der Waals surface area contributed by atoms with E-state index in [0.717, 1.165) is 59.6 Å². The smallest absolute Gasteiger partial charge is 0.159 e. The van der Waals surface area contributed by atoms with E-state index in [-0.39, 0.29) is 12.0 Å². The third-order valence-electron chi connectivity index (χ3n) is 13.3. The Morgan fingerprint density at radius 2 is 1.48 bits per heavy atom. The number of pyridine rings is 1. The molecule has 0 bridgehead atoms. The van der Waals surface area contributed by atoms with E-state index in [1.165, 1.54) is 48.5 Å². The maximum atomic E-state index is 5.62. The van der Waals surface area contributed by atoms with E-state index in [9.17, 15) is 0 Å². The van der Waals surface area contributed by atoms with Crippen molar-refractivity contribution < 1.29 is 0 Å². The van der Waals surface area contributed by atoms with Crippen LogP contribution in [0.2, 0.25) is 0 Å². The molecule has 4 heterocycles. The Morgan fingerprint density at radius 1 is 0.726 bits per heavy atom. The Bertz CT molecular complexity index is 3020. The molecule has 300 valence electrons. The van der Waals surface area contributed by atoms with Crippen LogP contribution in [-0.4, -0.2) is 22.7 Å². The van der Waals surface area contributed by atoms with Crippen LogP contribution in [0.3, 0.4) is 0 Å². The van der Waals surface area contributed by atoms with E-state index < -0.39 is 6.17 Å². The zero-order valence-electron chi connectivity index (χ0n) is 34.3. The fourth-order valence-corrected chi connectivity index (χ4v) is 11.5. The molecule has 0 spiro atoms. The summed E-state index contributed by atoms with van der Waals surface area (Å²) in [4.78, 5) is 20.2. The molecule has 6 aromatic rings. The second kappa shape index (κ2) is 15.5. The minimum atomic E-state index is -0.461. The zero-order valence-corrected chi connectivity index (χ0v) is 35.1. The van der Waals surface area contributed by atoms with Crippen LogP contribution in [0, 0.1) is 11.8 Å². The highest BCUT2D eigenvalue weighted by Gasteiger charge is 2.47. The van der Waals surface area contributed by atoms with Crippen LogP contribution < -0.4 is 10.2 Å². The van der Waals surface area contributed by atoms with Gasteiger partial charge in [-0.05, 0) is 94.5 Å². The lowest BCUT2D eigenvalue weighted by Crippen LogP contribution is -2.37. The molecule has 5 nitrogen and oxygen atoms in total. The molecular formula is C56H45N5S. The van der Waals surface area contributed by atoms with Crippen molar-refractivity contribution in [3.63, 3.8) is 0 Å². The highest BCUT2D eigenvalue weighted by molar-refractivity contribution is 7.20. The Hall–Kier alpha value is -6.89. The minimum Gasteiger partial charge on any atom is -0.344 e. The van der Waals surface area contributed by atoms with Crippen LogP contribution >= 0.6 is 11.3 Å². The molecule has 6 heteroatoms. The second-order valence-corrected chi connectivity index (χ2v) is 18.1. The molecule has 1 saturated heterocycles. The van der Waals surface area contributed by atoms with E-state index in [4.69, 9.17) is 15.0 Å². The average molecular weight is 820 g/mol. The molecule has 0 radical (unpaired) electrons. The van der Waals surface area contributed by atoms with Crippen LogP contribution in [0.5, 0.6) is 0 Å². The predicted molar refractivity (Wildman–Crippen MR) is 258 cm³/mol. The number of benzene rings is 4. The Balaban J connectivity index is 1.04. The normalized spacial score (nSPS) is 23.5. The van der Waals surface area contributed by atoms with Crippen molar-refractivity contribution in [3.05, 3.63) is 232 Å². The number of rotatable bonds is 7. The fourth-order valence-electron chi connectivity index (χ4n) is 10.4. The first kappa shape index (κ1) is 36.9. The standard InChI is InChI=1S/C56H45N5S/c1-5-17-36(18-6-1)40-31-41(37-19-7-2-8-20-37)33-42(32-40)43-34-46(55-59-53(38-21-9-3-10-22-38)58-54(60-55)39-23-11-4-12-24-39)56(57-35-43)61-47-27-15-13-25-44(47)51-48(61)29-30-50-52(51)45-26-14-16-28-49(45)62-50/h1-12,14,16-19,21-32,34-35,37,41,48,51,55H,13,15,20,33H2,(H,58,59,60). The summed E-state index contributed by atoms with van der Waals surface area (Å²) in [6.07, 6.45) is 29.4. The Labute approximate surface area is 367 Å². The lowest BCUT2D eigenvalue weighted by molar-refractivity contribution is 0.484. The van der Waals surface area contributed by atoms with E-state index in [0.29, 0.717) is 17.7 Å². The summed E-state index contributed by atoms with van der Waals surface area (Å²) in [6.45, 7) is 0. The average Bonchev–Trinajstić information content (AvgIpc) is 3.90. The third-order valence-corrected chi connectivity index (χ3v) is 14.4. The van der Waals surface area contributed by atoms with Gasteiger partial charge >= 0.3 is 0 Å². The third kappa shape index (κ3) is 6.49. The number of nitrogens with zero attached hydrogens (tertiary/aromatic N) is 4. The minimum absolute atomic E-state index is 0.0636. The molecule has 2 aliphatic heterocycles. The molecule has 12 rings (SSSR count). The van der Waals surface area contributed by atoms with Crippen LogP contribution in [0.1, 0.15) is 76.0 Å². The highest BCUT2D eigenvalue weighted by Crippen LogP contribution is 2.55. The van der Waals surface area contributed by atoms with Gasteiger partial charge in [0.15, 0.2) is 12.0 Å². The summed E-state index contributed by atoms with van der Waals surface area (Å²) < 4.78 is 1.34. The molecule has 1 fully saturated rings. The van der Waals surface area contributed by atoms with Gasteiger partial charge in [0, 0.05) is 44.1 Å². The molecule has 4 aromatic carbocycles. The van der Waals surface area contributed by atoms with Gasteiger partial charge in [-0.25, -0.2) is 15.0 Å². The quantitative estimate of drug-likeness (QED) is 0.175. The van der Waals surface area contributed by atoms with Gasteiger partial charge in [-0.15, -0.1) is 11.3 Å². The maximum absolute atomic E-state index is 5.62. The number of fused-ring (bicyclic) bond motifs is 7. The van der Waals surface area contributed by atoms with Crippen molar-refractivity contribution in [2.24, 2.45) is 21.8 Å². The molecule has 62 heavy (non-hydrogen) atoms. The molecule has 4 aliphatic carbocycles. The first-order valence-electron chi connectivity index (χ1n) is 22.0. The zero-order chi connectivity index (χ0) is 41.0. The van der Waals surface area contributed by atoms with Gasteiger partial charge in [-0.3, -0.25) is 0 Å². The largest absolute Gasteiger partial charge is 0.344 e. The highest BCUT2D eigenvalue weighted by atomic mass is 32.1. The lowest BCUT2D eigenvalue weighted by Gasteiger charge is -2.33. The van der Waals surface area contributed by atoms with Crippen LogP contribution in [0.25, 0.3) is 27.3 Å². The van der Waals surface area contributed by atoms with Gasteiger partial charge < -0.3 is 10.2 Å². The number of aliphatic imine (C=N–C) groups is 2. The Kier molecular flexibility index (Phi) is 9.25. The van der Waals surface area contributed by atoms with Gasteiger partial charge in [0.05, 0.1) is 6.04 Å². The molecule has 1 N–H and O–H groups in total. The summed E-state index contributed by atoms with van der Waals surface area (Å²) in [5, 5.41) is 5.22. The molecule has 0 amide bonds. The first-order valence-corrected chi connectivity index (χ1v) is 22.8. The first-order chi connectivity index (χ1) is 30.7. The van der Waals surface area contributed by atoms with E-state index >= 15 is 0 Å². The van der Waals surface area contributed by atoms with Gasteiger partial charge in [0.1, 0.15) is 11.7 Å². The lowest BCUT2D eigenvalue weighted by atomic mass is 9.76. The number of aromatic nitrogens is 1. The van der Waals surface area contributed by atoms with Crippen LogP contribution in [0.4, 0.5) is 5.82 Å². The number of nitrogens with one attached hydrogen (secondary N) is 1. The van der Waals surface area contributed by atoms with E-state index in [2.05, 4.69) is 192 Å². The summed E-state index contributed by atoms with van der Waals surface area (Å²) >= 11 is 1.91. The summed E-state index contributed by atoms with van der Waals surface area (Å²) in [7, 11) is 0. The van der Waals surface area contributed by atoms with Gasteiger partial charge in [-0.1, -0.05) is 164 Å². The number of hydrogen-bond donors (Lipinski definition) is 1. The number of hydrogen-bond acceptors (Lipinski definition) is 6. The number of anilines is 1. The van der Waals surface area contributed by atoms with Crippen LogP contribution in [0.15, 0.2) is 203 Å². The summed E-state index contributed by atoms with van der Waals surface area (Å²) in [5.41, 5.74) is 12.1. The molecule has 5 unspecified atom stereocenters. The van der Waals surface area contributed by atoms with Gasteiger partial charge in [0.25, 0.3) is 0 Å². The van der Waals surface area contributed by atoms with Crippen molar-refractivity contribution in [2.75, 3.05) is 4.90 Å². The number of allylic oxidation sites excluding steroid dienone is 11. The molecular weight excluding hydrogens is 775 g/mol. The summed E-state index contributed by atoms with van der Waals surface area (Å²) in [5.74, 6) is 3.42. The Morgan fingerprint density at radius 3 is 2.29 bits per heavy atom. The SMILES string of the molecule is C1=CCC(C2C=C(c3ccccc3)C=C(c3cnc(N4C5=CCCC=C5C5c6c(sc7ccccc67)C=CC54)c(C4N=C(c5ccccc5)N=C(c5ccccc5)N4)c3)C2)C=C1. The second-order valence-electron chi connectivity index (χ2n) is 17.0. The molecule has 6 aliphatic rings. The molecule has 5 atom stereocenters. The fraction of sp³-hybridized carbons (Fsp3) is 0.161. The van der Waals surface area contributed by atoms with Crippen molar-refractivity contribution >= 4 is 56.1 Å². The number of amidine groups is 2. The maximum Gasteiger partial charge on any atom is 0.159 e. The van der Waals surface area contributed by atoms with Gasteiger partial charge in [-0.2, -0.15) is 0 Å². The van der Waals surface area contributed by atoms with Gasteiger partial charge in [0.2, 0.25) is 0 Å². The topological polar surface area (TPSA) is 52.9 Å². The van der Waals surface area contributed by atoms with Crippen molar-refractivity contribution in [1.29, 1.82) is 0 Å². The summed E-state index contributed by atoms with van der Waals surface area (Å²) in [6, 6.07) is 43.1. The predicted octanol–water partition coefficient (Wildman–Crippen LogP) is 13.0. The van der Waals surface area contributed by atoms with E-state index in [1.54, 1.807) is 0 Å². The molecule has 2 aromatic heterocycles.